The van der Waals surface area contributed by atoms with Crippen molar-refractivity contribution >= 4 is 17.8 Å². The highest BCUT2D eigenvalue weighted by molar-refractivity contribution is 6.08. The van der Waals surface area contributed by atoms with Crippen LogP contribution in [-0.4, -0.2) is 37.1 Å². The summed E-state index contributed by atoms with van der Waals surface area (Å²) in [5.74, 6) is -0.0161. The van der Waals surface area contributed by atoms with E-state index in [0.29, 0.717) is 27.6 Å². The molecular weight excluding hydrogens is 362 g/mol. The standard InChI is InChI=1S/C20H21N3O5/c1-20(14-7-5-4-6-8-14)18(25)23(19(26)21-20)22-17(24)11-13-9-10-15(27-2)12-16(13)28-3/h4-10,12H,11H2,1-3H3,(H,21,26)(H,22,24). The lowest BCUT2D eigenvalue weighted by Gasteiger charge is -2.22. The molecule has 2 aromatic carbocycles. The van der Waals surface area contributed by atoms with Crippen LogP contribution in [0.15, 0.2) is 48.5 Å². The lowest BCUT2D eigenvalue weighted by molar-refractivity contribution is -0.138. The molecule has 2 N–H and O–H groups in total. The summed E-state index contributed by atoms with van der Waals surface area (Å²) in [5.41, 5.74) is 2.35. The number of carbonyl (C=O) groups excluding carboxylic acids is 3. The fraction of sp³-hybridized carbons (Fsp3) is 0.250. The molecule has 1 saturated heterocycles. The third-order valence-corrected chi connectivity index (χ3v) is 4.62. The second-order valence-electron chi connectivity index (χ2n) is 6.45. The van der Waals surface area contributed by atoms with E-state index >= 15 is 0 Å². The van der Waals surface area contributed by atoms with Crippen molar-refractivity contribution in [1.29, 1.82) is 0 Å². The van der Waals surface area contributed by atoms with Gasteiger partial charge in [0.15, 0.2) is 0 Å². The Kier molecular flexibility index (Phi) is 5.21. The first-order chi connectivity index (χ1) is 13.4. The molecule has 3 rings (SSSR count). The third kappa shape index (κ3) is 3.48. The number of ether oxygens (including phenoxy) is 2. The van der Waals surface area contributed by atoms with E-state index in [9.17, 15) is 14.4 Å². The van der Waals surface area contributed by atoms with Crippen LogP contribution in [0, 0.1) is 0 Å². The van der Waals surface area contributed by atoms with E-state index in [1.807, 2.05) is 6.07 Å². The van der Waals surface area contributed by atoms with E-state index in [1.165, 1.54) is 14.2 Å². The van der Waals surface area contributed by atoms with Gasteiger partial charge in [0.25, 0.3) is 5.91 Å². The molecule has 146 valence electrons. The number of hydrogen-bond donors (Lipinski definition) is 2. The van der Waals surface area contributed by atoms with Gasteiger partial charge >= 0.3 is 6.03 Å². The second kappa shape index (κ2) is 7.59. The average molecular weight is 383 g/mol. The lowest BCUT2D eigenvalue weighted by Crippen LogP contribution is -2.48. The Morgan fingerprint density at radius 1 is 1.11 bits per heavy atom. The molecule has 0 saturated carbocycles. The Morgan fingerprint density at radius 3 is 2.46 bits per heavy atom. The number of benzene rings is 2. The summed E-state index contributed by atoms with van der Waals surface area (Å²) < 4.78 is 10.4. The molecule has 4 amide bonds. The number of carbonyl (C=O) groups is 3. The second-order valence-corrected chi connectivity index (χ2v) is 6.45. The zero-order valence-corrected chi connectivity index (χ0v) is 15.8. The Bertz CT molecular complexity index is 915. The molecule has 28 heavy (non-hydrogen) atoms. The minimum Gasteiger partial charge on any atom is -0.497 e. The SMILES string of the molecule is COc1ccc(CC(=O)NN2C(=O)NC(C)(c3ccccc3)C2=O)c(OC)c1. The van der Waals surface area contributed by atoms with E-state index in [0.717, 1.165) is 0 Å². The summed E-state index contributed by atoms with van der Waals surface area (Å²) in [4.78, 5) is 37.6. The summed E-state index contributed by atoms with van der Waals surface area (Å²) in [6.45, 7) is 1.60. The fourth-order valence-electron chi connectivity index (χ4n) is 3.04. The van der Waals surface area contributed by atoms with E-state index in [1.54, 1.807) is 49.4 Å². The minimum absolute atomic E-state index is 0.0771. The molecule has 0 aliphatic carbocycles. The van der Waals surface area contributed by atoms with Crippen LogP contribution in [0.4, 0.5) is 4.79 Å². The first-order valence-corrected chi connectivity index (χ1v) is 8.61. The maximum absolute atomic E-state index is 12.8. The number of rotatable bonds is 6. The smallest absolute Gasteiger partial charge is 0.344 e. The molecule has 0 aromatic heterocycles. The molecule has 1 atom stereocenters. The van der Waals surface area contributed by atoms with Crippen molar-refractivity contribution in [2.75, 3.05) is 14.2 Å². The van der Waals surface area contributed by atoms with Crippen molar-refractivity contribution in [2.24, 2.45) is 0 Å². The molecule has 1 aliphatic rings. The van der Waals surface area contributed by atoms with Crippen molar-refractivity contribution in [3.05, 3.63) is 59.7 Å². The van der Waals surface area contributed by atoms with E-state index in [2.05, 4.69) is 10.7 Å². The summed E-state index contributed by atoms with van der Waals surface area (Å²) >= 11 is 0. The molecule has 0 spiro atoms. The topological polar surface area (TPSA) is 97.0 Å². The summed E-state index contributed by atoms with van der Waals surface area (Å²) in [7, 11) is 3.02. The maximum Gasteiger partial charge on any atom is 0.344 e. The number of nitrogens with zero attached hydrogens (tertiary/aromatic N) is 1. The van der Waals surface area contributed by atoms with Crippen LogP contribution in [0.25, 0.3) is 0 Å². The summed E-state index contributed by atoms with van der Waals surface area (Å²) in [5, 5.41) is 3.35. The Morgan fingerprint density at radius 2 is 1.82 bits per heavy atom. The van der Waals surface area contributed by atoms with Crippen molar-refractivity contribution in [3.63, 3.8) is 0 Å². The summed E-state index contributed by atoms with van der Waals surface area (Å²) in [6.07, 6.45) is -0.0771. The molecule has 1 aliphatic heterocycles. The predicted octanol–water partition coefficient (Wildman–Crippen LogP) is 1.74. The quantitative estimate of drug-likeness (QED) is 0.741. The van der Waals surface area contributed by atoms with Crippen LogP contribution < -0.4 is 20.2 Å². The van der Waals surface area contributed by atoms with Crippen LogP contribution in [0.3, 0.4) is 0 Å². The average Bonchev–Trinajstić information content (AvgIpc) is 2.93. The largest absolute Gasteiger partial charge is 0.497 e. The molecule has 8 heteroatoms. The van der Waals surface area contributed by atoms with Gasteiger partial charge in [-0.3, -0.25) is 15.0 Å². The number of amides is 4. The Balaban J connectivity index is 1.74. The van der Waals surface area contributed by atoms with Crippen LogP contribution in [0.2, 0.25) is 0 Å². The normalized spacial score (nSPS) is 18.6. The highest BCUT2D eigenvalue weighted by Crippen LogP contribution is 2.28. The monoisotopic (exact) mass is 383 g/mol. The van der Waals surface area contributed by atoms with Gasteiger partial charge in [0.2, 0.25) is 5.91 Å². The molecule has 1 fully saturated rings. The zero-order chi connectivity index (χ0) is 20.3. The van der Waals surface area contributed by atoms with Gasteiger partial charge in [-0.1, -0.05) is 36.4 Å². The molecule has 2 aromatic rings. The van der Waals surface area contributed by atoms with Crippen LogP contribution in [0.5, 0.6) is 11.5 Å². The third-order valence-electron chi connectivity index (χ3n) is 4.62. The summed E-state index contributed by atoms with van der Waals surface area (Å²) in [6, 6.07) is 13.2. The van der Waals surface area contributed by atoms with Gasteiger partial charge in [-0.25, -0.2) is 4.79 Å². The maximum atomic E-state index is 12.8. The lowest BCUT2D eigenvalue weighted by atomic mass is 9.92. The van der Waals surface area contributed by atoms with Crippen molar-refractivity contribution in [2.45, 2.75) is 18.9 Å². The van der Waals surface area contributed by atoms with Crippen LogP contribution in [0.1, 0.15) is 18.1 Å². The number of urea groups is 1. The molecular formula is C20H21N3O5. The van der Waals surface area contributed by atoms with Gasteiger partial charge in [0.1, 0.15) is 17.0 Å². The highest BCUT2D eigenvalue weighted by Gasteiger charge is 2.49. The molecule has 1 unspecified atom stereocenters. The number of nitrogens with one attached hydrogen (secondary N) is 2. The first-order valence-electron chi connectivity index (χ1n) is 8.61. The van der Waals surface area contributed by atoms with Crippen LogP contribution in [-0.2, 0) is 21.5 Å². The van der Waals surface area contributed by atoms with Gasteiger partial charge in [-0.05, 0) is 18.6 Å². The molecule has 0 bridgehead atoms. The number of methoxy groups -OCH3 is 2. The number of hydrazine groups is 1. The van der Waals surface area contributed by atoms with Crippen molar-refractivity contribution in [1.82, 2.24) is 15.8 Å². The fourth-order valence-corrected chi connectivity index (χ4v) is 3.04. The van der Waals surface area contributed by atoms with Gasteiger partial charge in [-0.2, -0.15) is 5.01 Å². The Labute approximate surface area is 162 Å². The highest BCUT2D eigenvalue weighted by atomic mass is 16.5. The van der Waals surface area contributed by atoms with Crippen LogP contribution >= 0.6 is 0 Å². The van der Waals surface area contributed by atoms with Gasteiger partial charge < -0.3 is 14.8 Å². The molecule has 8 nitrogen and oxygen atoms in total. The minimum atomic E-state index is -1.25. The van der Waals surface area contributed by atoms with Gasteiger partial charge in [-0.15, -0.1) is 0 Å². The molecule has 0 radical (unpaired) electrons. The molecule has 1 heterocycles. The van der Waals surface area contributed by atoms with E-state index < -0.39 is 23.4 Å². The van der Waals surface area contributed by atoms with E-state index in [-0.39, 0.29) is 6.42 Å². The van der Waals surface area contributed by atoms with Crippen molar-refractivity contribution in [3.8, 4) is 11.5 Å². The van der Waals surface area contributed by atoms with Gasteiger partial charge in [0, 0.05) is 11.6 Å². The first kappa shape index (κ1) is 19.2. The van der Waals surface area contributed by atoms with E-state index in [4.69, 9.17) is 9.47 Å². The zero-order valence-electron chi connectivity index (χ0n) is 15.8. The number of hydrogen-bond acceptors (Lipinski definition) is 5. The predicted molar refractivity (Wildman–Crippen MR) is 101 cm³/mol. The van der Waals surface area contributed by atoms with Crippen molar-refractivity contribution < 1.29 is 23.9 Å². The Hall–Kier alpha value is -3.55. The van der Waals surface area contributed by atoms with Gasteiger partial charge in [0.05, 0.1) is 20.6 Å². The number of imide groups is 1.